The first-order valence-electron chi connectivity index (χ1n) is 3.83. The standard InChI is InChI=1S/C9H12ClN3/c1-13(2)8-4-3-6(10)5-7(8)9(11)12/h3-5H,1-2H3,(H3,11,12). The molecule has 0 amide bonds. The summed E-state index contributed by atoms with van der Waals surface area (Å²) in [5.41, 5.74) is 6.98. The van der Waals surface area contributed by atoms with Crippen molar-refractivity contribution in [3.63, 3.8) is 0 Å². The van der Waals surface area contributed by atoms with E-state index in [9.17, 15) is 0 Å². The maximum atomic E-state index is 7.36. The summed E-state index contributed by atoms with van der Waals surface area (Å²) in [5.74, 6) is 0.0335. The third-order valence-corrected chi connectivity index (χ3v) is 1.97. The Labute approximate surface area is 82.6 Å². The summed E-state index contributed by atoms with van der Waals surface area (Å²) >= 11 is 5.79. The second-order valence-corrected chi connectivity index (χ2v) is 3.41. The van der Waals surface area contributed by atoms with E-state index in [4.69, 9.17) is 22.7 Å². The first kappa shape index (κ1) is 9.86. The molecule has 0 saturated carbocycles. The van der Waals surface area contributed by atoms with Crippen molar-refractivity contribution in [1.29, 1.82) is 5.41 Å². The van der Waals surface area contributed by atoms with E-state index in [-0.39, 0.29) is 5.84 Å². The van der Waals surface area contributed by atoms with Gasteiger partial charge in [-0.2, -0.15) is 0 Å². The van der Waals surface area contributed by atoms with Gasteiger partial charge in [-0.05, 0) is 18.2 Å². The Morgan fingerprint density at radius 1 is 1.46 bits per heavy atom. The van der Waals surface area contributed by atoms with Crippen molar-refractivity contribution in [1.82, 2.24) is 0 Å². The molecule has 0 aromatic heterocycles. The lowest BCUT2D eigenvalue weighted by atomic mass is 10.1. The molecule has 0 aliphatic rings. The van der Waals surface area contributed by atoms with Crippen LogP contribution >= 0.6 is 11.6 Å². The highest BCUT2D eigenvalue weighted by atomic mass is 35.5. The van der Waals surface area contributed by atoms with Crippen molar-refractivity contribution in [2.75, 3.05) is 19.0 Å². The smallest absolute Gasteiger partial charge is 0.124 e. The number of benzene rings is 1. The quantitative estimate of drug-likeness (QED) is 0.560. The van der Waals surface area contributed by atoms with Crippen LogP contribution in [0, 0.1) is 5.41 Å². The van der Waals surface area contributed by atoms with Crippen LogP contribution in [0.3, 0.4) is 0 Å². The van der Waals surface area contributed by atoms with Gasteiger partial charge in [0, 0.05) is 30.4 Å². The Bertz CT molecular complexity index is 334. The first-order valence-corrected chi connectivity index (χ1v) is 4.21. The number of hydrogen-bond donors (Lipinski definition) is 2. The Morgan fingerprint density at radius 3 is 2.54 bits per heavy atom. The highest BCUT2D eigenvalue weighted by molar-refractivity contribution is 6.31. The zero-order valence-corrected chi connectivity index (χ0v) is 8.39. The van der Waals surface area contributed by atoms with Crippen molar-refractivity contribution in [3.05, 3.63) is 28.8 Å². The summed E-state index contributed by atoms with van der Waals surface area (Å²) in [6, 6.07) is 5.32. The van der Waals surface area contributed by atoms with Crippen LogP contribution in [0.4, 0.5) is 5.69 Å². The molecule has 0 radical (unpaired) electrons. The predicted molar refractivity (Wildman–Crippen MR) is 56.8 cm³/mol. The third kappa shape index (κ3) is 2.12. The van der Waals surface area contributed by atoms with Crippen LogP contribution in [0.2, 0.25) is 5.02 Å². The molecule has 0 heterocycles. The Hall–Kier alpha value is -1.22. The minimum Gasteiger partial charge on any atom is -0.384 e. The van der Waals surface area contributed by atoms with E-state index >= 15 is 0 Å². The number of nitrogen functional groups attached to an aromatic ring is 1. The number of amidine groups is 1. The van der Waals surface area contributed by atoms with Crippen LogP contribution in [0.1, 0.15) is 5.56 Å². The topological polar surface area (TPSA) is 53.1 Å². The highest BCUT2D eigenvalue weighted by Crippen LogP contribution is 2.21. The van der Waals surface area contributed by atoms with E-state index in [1.165, 1.54) is 0 Å². The fourth-order valence-electron chi connectivity index (χ4n) is 1.11. The van der Waals surface area contributed by atoms with E-state index in [1.54, 1.807) is 12.1 Å². The summed E-state index contributed by atoms with van der Waals surface area (Å²) in [6.07, 6.45) is 0. The molecular formula is C9H12ClN3. The maximum absolute atomic E-state index is 7.36. The number of anilines is 1. The first-order chi connectivity index (χ1) is 6.02. The monoisotopic (exact) mass is 197 g/mol. The number of rotatable bonds is 2. The SMILES string of the molecule is CN(C)c1ccc(Cl)cc1C(=N)N. The van der Waals surface area contributed by atoms with Crippen LogP contribution in [0.5, 0.6) is 0 Å². The fourth-order valence-corrected chi connectivity index (χ4v) is 1.29. The zero-order chi connectivity index (χ0) is 10.0. The lowest BCUT2D eigenvalue weighted by Crippen LogP contribution is -2.18. The minimum absolute atomic E-state index is 0.0335. The van der Waals surface area contributed by atoms with Gasteiger partial charge in [0.05, 0.1) is 0 Å². The number of nitrogens with two attached hydrogens (primary N) is 1. The molecule has 0 unspecified atom stereocenters. The van der Waals surface area contributed by atoms with Gasteiger partial charge in [0.1, 0.15) is 5.84 Å². The van der Waals surface area contributed by atoms with Gasteiger partial charge in [0.25, 0.3) is 0 Å². The molecule has 0 atom stereocenters. The molecule has 3 nitrogen and oxygen atoms in total. The van der Waals surface area contributed by atoms with E-state index in [2.05, 4.69) is 0 Å². The van der Waals surface area contributed by atoms with Crippen LogP contribution < -0.4 is 10.6 Å². The van der Waals surface area contributed by atoms with Crippen LogP contribution in [-0.2, 0) is 0 Å². The molecule has 13 heavy (non-hydrogen) atoms. The summed E-state index contributed by atoms with van der Waals surface area (Å²) in [7, 11) is 3.80. The summed E-state index contributed by atoms with van der Waals surface area (Å²) in [5, 5.41) is 7.95. The molecule has 0 saturated heterocycles. The highest BCUT2D eigenvalue weighted by Gasteiger charge is 2.07. The predicted octanol–water partition coefficient (Wildman–Crippen LogP) is 1.69. The normalized spacial score (nSPS) is 9.77. The minimum atomic E-state index is 0.0335. The summed E-state index contributed by atoms with van der Waals surface area (Å²) in [6.45, 7) is 0. The van der Waals surface area contributed by atoms with E-state index in [0.29, 0.717) is 10.6 Å². The molecule has 4 heteroatoms. The van der Waals surface area contributed by atoms with Crippen molar-refractivity contribution >= 4 is 23.1 Å². The van der Waals surface area contributed by atoms with Gasteiger partial charge in [-0.1, -0.05) is 11.6 Å². The molecule has 1 aromatic rings. The molecular weight excluding hydrogens is 186 g/mol. The molecule has 0 spiro atoms. The van der Waals surface area contributed by atoms with Gasteiger partial charge in [0.2, 0.25) is 0 Å². The Morgan fingerprint density at radius 2 is 2.08 bits per heavy atom. The van der Waals surface area contributed by atoms with Crippen LogP contribution in [0.15, 0.2) is 18.2 Å². The van der Waals surface area contributed by atoms with Crippen molar-refractivity contribution in [3.8, 4) is 0 Å². The molecule has 0 fully saturated rings. The van der Waals surface area contributed by atoms with Crippen molar-refractivity contribution in [2.24, 2.45) is 5.73 Å². The largest absolute Gasteiger partial charge is 0.384 e. The Kier molecular flexibility index (Phi) is 2.78. The van der Waals surface area contributed by atoms with Gasteiger partial charge in [-0.3, -0.25) is 5.41 Å². The zero-order valence-electron chi connectivity index (χ0n) is 7.63. The number of hydrogen-bond acceptors (Lipinski definition) is 2. The average molecular weight is 198 g/mol. The fraction of sp³-hybridized carbons (Fsp3) is 0.222. The van der Waals surface area contributed by atoms with E-state index in [0.717, 1.165) is 5.69 Å². The van der Waals surface area contributed by atoms with Gasteiger partial charge < -0.3 is 10.6 Å². The average Bonchev–Trinajstić information content (AvgIpc) is 2.03. The lowest BCUT2D eigenvalue weighted by Gasteiger charge is -2.16. The number of nitrogens with zero attached hydrogens (tertiary/aromatic N) is 1. The second-order valence-electron chi connectivity index (χ2n) is 2.97. The van der Waals surface area contributed by atoms with E-state index in [1.807, 2.05) is 25.1 Å². The molecule has 0 aliphatic heterocycles. The summed E-state index contributed by atoms with van der Waals surface area (Å²) < 4.78 is 0. The van der Waals surface area contributed by atoms with Crippen LogP contribution in [0.25, 0.3) is 0 Å². The number of halogens is 1. The third-order valence-electron chi connectivity index (χ3n) is 1.73. The second kappa shape index (κ2) is 3.66. The molecule has 70 valence electrons. The van der Waals surface area contributed by atoms with Gasteiger partial charge in [0.15, 0.2) is 0 Å². The van der Waals surface area contributed by atoms with Crippen LogP contribution in [-0.4, -0.2) is 19.9 Å². The Balaban J connectivity index is 3.27. The molecule has 0 aliphatic carbocycles. The molecule has 3 N–H and O–H groups in total. The van der Waals surface area contributed by atoms with Gasteiger partial charge >= 0.3 is 0 Å². The maximum Gasteiger partial charge on any atom is 0.124 e. The molecule has 1 aromatic carbocycles. The lowest BCUT2D eigenvalue weighted by molar-refractivity contribution is 1.12. The van der Waals surface area contributed by atoms with Gasteiger partial charge in [-0.15, -0.1) is 0 Å². The van der Waals surface area contributed by atoms with Crippen molar-refractivity contribution in [2.45, 2.75) is 0 Å². The summed E-state index contributed by atoms with van der Waals surface area (Å²) in [4.78, 5) is 1.90. The number of nitrogens with one attached hydrogen (secondary N) is 1. The van der Waals surface area contributed by atoms with Crippen molar-refractivity contribution < 1.29 is 0 Å². The van der Waals surface area contributed by atoms with Gasteiger partial charge in [-0.25, -0.2) is 0 Å². The molecule has 1 rings (SSSR count). The van der Waals surface area contributed by atoms with E-state index < -0.39 is 0 Å². The molecule has 0 bridgehead atoms.